The quantitative estimate of drug-likeness (QED) is 0.551. The van der Waals surface area contributed by atoms with E-state index >= 15 is 0 Å². The number of carbonyl (C=O) groups is 2. The molecule has 1 aromatic heterocycles. The second-order valence-corrected chi connectivity index (χ2v) is 10.1. The summed E-state index contributed by atoms with van der Waals surface area (Å²) < 4.78 is 41.2. The molecule has 1 amide bonds. The Balaban J connectivity index is 2.11. The van der Waals surface area contributed by atoms with E-state index in [0.717, 1.165) is 28.3 Å². The smallest absolute Gasteiger partial charge is 0.337 e. The van der Waals surface area contributed by atoms with Gasteiger partial charge in [-0.05, 0) is 49.1 Å². The third-order valence-corrected chi connectivity index (χ3v) is 6.96. The molecule has 3 N–H and O–H groups in total. The lowest BCUT2D eigenvalue weighted by atomic mass is 10.1. The first-order valence-corrected chi connectivity index (χ1v) is 11.2. The molecule has 7 nitrogen and oxygen atoms in total. The molecule has 0 radical (unpaired) electrons. The van der Waals surface area contributed by atoms with Crippen molar-refractivity contribution in [2.24, 2.45) is 5.92 Å². The van der Waals surface area contributed by atoms with Crippen molar-refractivity contribution in [2.45, 2.75) is 37.8 Å². The highest BCUT2D eigenvalue weighted by Gasteiger charge is 2.22. The van der Waals surface area contributed by atoms with Crippen molar-refractivity contribution in [3.8, 4) is 0 Å². The Bertz CT molecular complexity index is 1020. The zero-order valence-electron chi connectivity index (χ0n) is 16.3. The van der Waals surface area contributed by atoms with Gasteiger partial charge in [0.15, 0.2) is 0 Å². The summed E-state index contributed by atoms with van der Waals surface area (Å²) in [6.45, 7) is 5.66. The number of amides is 1. The molecule has 0 aliphatic heterocycles. The lowest BCUT2D eigenvalue weighted by Gasteiger charge is -2.11. The minimum atomic E-state index is -4.08. The number of thiophene rings is 1. The number of carbonyl (C=O) groups excluding carboxylic acids is 1. The molecule has 0 aliphatic rings. The van der Waals surface area contributed by atoms with Crippen molar-refractivity contribution in [1.29, 1.82) is 0 Å². The zero-order valence-corrected chi connectivity index (χ0v) is 17.9. The Hall–Kier alpha value is -2.46. The summed E-state index contributed by atoms with van der Waals surface area (Å²) in [5.41, 5.74) is -0.572. The van der Waals surface area contributed by atoms with Crippen LogP contribution in [-0.2, 0) is 21.2 Å². The number of aryl methyl sites for hydroxylation is 1. The summed E-state index contributed by atoms with van der Waals surface area (Å²) in [4.78, 5) is 23.8. The monoisotopic (exact) mass is 442 g/mol. The molecule has 2 aromatic rings. The summed E-state index contributed by atoms with van der Waals surface area (Å²) in [6, 6.07) is 4.95. The van der Waals surface area contributed by atoms with Crippen molar-refractivity contribution in [1.82, 2.24) is 5.32 Å². The van der Waals surface area contributed by atoms with Crippen LogP contribution in [0.1, 0.15) is 41.1 Å². The maximum Gasteiger partial charge on any atom is 0.337 e. The first kappa shape index (κ1) is 22.8. The average Bonchev–Trinajstić information content (AvgIpc) is 3.06. The third-order valence-electron chi connectivity index (χ3n) is 3.96. The fourth-order valence-electron chi connectivity index (χ4n) is 2.54. The topological polar surface area (TPSA) is 113 Å². The number of carboxylic acids is 1. The molecule has 0 bridgehead atoms. The van der Waals surface area contributed by atoms with Gasteiger partial charge in [-0.2, -0.15) is 0 Å². The van der Waals surface area contributed by atoms with Crippen LogP contribution in [0.4, 0.5) is 10.1 Å². The standard InChI is InChI=1S/C19H23FN2O5S2/c1-11(2)8-17(23)21-7-6-13-4-5-18(28-13)29(26,27)22-16-10-15(20)12(3)9-14(16)19(24)25/h4-5,9-11,22H,6-8H2,1-3H3,(H,21,23)(H,24,25). The second-order valence-electron chi connectivity index (χ2n) is 6.98. The van der Waals surface area contributed by atoms with E-state index in [9.17, 15) is 27.5 Å². The van der Waals surface area contributed by atoms with Crippen molar-refractivity contribution < 1.29 is 27.5 Å². The van der Waals surface area contributed by atoms with Crippen LogP contribution in [0.5, 0.6) is 0 Å². The van der Waals surface area contributed by atoms with Crippen molar-refractivity contribution in [2.75, 3.05) is 11.3 Å². The minimum Gasteiger partial charge on any atom is -0.478 e. The van der Waals surface area contributed by atoms with Crippen LogP contribution in [0.3, 0.4) is 0 Å². The Labute approximate surface area is 173 Å². The van der Waals surface area contributed by atoms with Crippen LogP contribution in [0.15, 0.2) is 28.5 Å². The van der Waals surface area contributed by atoms with Gasteiger partial charge in [0.25, 0.3) is 10.0 Å². The molecular weight excluding hydrogens is 419 g/mol. The van der Waals surface area contributed by atoms with Gasteiger partial charge in [-0.25, -0.2) is 17.6 Å². The number of carboxylic acid groups (broad SMARTS) is 1. The van der Waals surface area contributed by atoms with Gasteiger partial charge in [-0.3, -0.25) is 9.52 Å². The van der Waals surface area contributed by atoms with E-state index in [-0.39, 0.29) is 32.8 Å². The van der Waals surface area contributed by atoms with E-state index in [4.69, 9.17) is 0 Å². The molecular formula is C19H23FN2O5S2. The molecule has 0 spiro atoms. The van der Waals surface area contributed by atoms with E-state index in [1.807, 2.05) is 13.8 Å². The fraction of sp³-hybridized carbons (Fsp3) is 0.368. The Morgan fingerprint density at radius 3 is 2.55 bits per heavy atom. The molecule has 0 saturated carbocycles. The highest BCUT2D eigenvalue weighted by atomic mass is 32.2. The molecule has 0 fully saturated rings. The largest absolute Gasteiger partial charge is 0.478 e. The number of halogens is 1. The highest BCUT2D eigenvalue weighted by molar-refractivity contribution is 7.94. The zero-order chi connectivity index (χ0) is 21.8. The molecule has 0 atom stereocenters. The molecule has 2 rings (SSSR count). The summed E-state index contributed by atoms with van der Waals surface area (Å²) in [6.07, 6.45) is 0.885. The number of anilines is 1. The lowest BCUT2D eigenvalue weighted by molar-refractivity contribution is -0.121. The predicted molar refractivity (Wildman–Crippen MR) is 109 cm³/mol. The molecule has 0 saturated heterocycles. The fourth-order valence-corrected chi connectivity index (χ4v) is 4.97. The van der Waals surface area contributed by atoms with Crippen LogP contribution in [-0.4, -0.2) is 31.9 Å². The number of benzene rings is 1. The summed E-state index contributed by atoms with van der Waals surface area (Å²) in [5.74, 6) is -1.89. The van der Waals surface area contributed by atoms with Gasteiger partial charge < -0.3 is 10.4 Å². The second kappa shape index (κ2) is 9.36. The third kappa shape index (κ3) is 6.26. The van der Waals surface area contributed by atoms with E-state index in [1.54, 1.807) is 6.07 Å². The van der Waals surface area contributed by atoms with Crippen LogP contribution < -0.4 is 10.0 Å². The van der Waals surface area contributed by atoms with E-state index < -0.39 is 21.8 Å². The van der Waals surface area contributed by atoms with Crippen molar-refractivity contribution in [3.63, 3.8) is 0 Å². The van der Waals surface area contributed by atoms with Gasteiger partial charge in [0.2, 0.25) is 5.91 Å². The van der Waals surface area contributed by atoms with Crippen LogP contribution in [0, 0.1) is 18.7 Å². The van der Waals surface area contributed by atoms with Crippen LogP contribution >= 0.6 is 11.3 Å². The van der Waals surface area contributed by atoms with Crippen LogP contribution in [0.2, 0.25) is 0 Å². The summed E-state index contributed by atoms with van der Waals surface area (Å²) >= 11 is 1.00. The SMILES string of the molecule is Cc1cc(C(=O)O)c(NS(=O)(=O)c2ccc(CCNC(=O)CC(C)C)s2)cc1F. The molecule has 1 aromatic carbocycles. The molecule has 10 heteroatoms. The number of nitrogens with one attached hydrogen (secondary N) is 2. The summed E-state index contributed by atoms with van der Waals surface area (Å²) in [5, 5.41) is 12.0. The van der Waals surface area contributed by atoms with Crippen molar-refractivity contribution >= 4 is 38.9 Å². The lowest BCUT2D eigenvalue weighted by Crippen LogP contribution is -2.26. The Morgan fingerprint density at radius 1 is 1.24 bits per heavy atom. The minimum absolute atomic E-state index is 0.0293. The maximum absolute atomic E-state index is 13.8. The number of rotatable bonds is 9. The van der Waals surface area contributed by atoms with E-state index in [1.165, 1.54) is 13.0 Å². The Kier molecular flexibility index (Phi) is 7.37. The van der Waals surface area contributed by atoms with E-state index in [0.29, 0.717) is 19.4 Å². The van der Waals surface area contributed by atoms with Crippen molar-refractivity contribution in [3.05, 3.63) is 46.1 Å². The van der Waals surface area contributed by atoms with E-state index in [2.05, 4.69) is 10.0 Å². The van der Waals surface area contributed by atoms with Gasteiger partial charge >= 0.3 is 5.97 Å². The first-order chi connectivity index (χ1) is 13.5. The normalized spacial score (nSPS) is 11.5. The molecule has 0 aliphatic carbocycles. The number of aromatic carboxylic acids is 1. The van der Waals surface area contributed by atoms with Gasteiger partial charge in [0.05, 0.1) is 11.3 Å². The van der Waals surface area contributed by atoms with Gasteiger partial charge in [0.1, 0.15) is 10.0 Å². The molecule has 158 valence electrons. The maximum atomic E-state index is 13.8. The van der Waals surface area contributed by atoms with Gasteiger partial charge in [0, 0.05) is 17.8 Å². The summed E-state index contributed by atoms with van der Waals surface area (Å²) in [7, 11) is -4.08. The first-order valence-electron chi connectivity index (χ1n) is 8.91. The molecule has 0 unspecified atom stereocenters. The van der Waals surface area contributed by atoms with Gasteiger partial charge in [-0.1, -0.05) is 13.8 Å². The number of hydrogen-bond donors (Lipinski definition) is 3. The molecule has 1 heterocycles. The average molecular weight is 443 g/mol. The highest BCUT2D eigenvalue weighted by Crippen LogP contribution is 2.27. The molecule has 29 heavy (non-hydrogen) atoms. The number of sulfonamides is 1. The number of hydrogen-bond acceptors (Lipinski definition) is 5. The van der Waals surface area contributed by atoms with Gasteiger partial charge in [-0.15, -0.1) is 11.3 Å². The predicted octanol–water partition coefficient (Wildman–Crippen LogP) is 3.40. The Morgan fingerprint density at radius 2 is 1.93 bits per heavy atom. The van der Waals surface area contributed by atoms with Crippen LogP contribution in [0.25, 0.3) is 0 Å².